The molecule has 0 spiro atoms. The van der Waals surface area contributed by atoms with Gasteiger partial charge in [-0.1, -0.05) is 15.9 Å². The van der Waals surface area contributed by atoms with Crippen LogP contribution in [0, 0.1) is 0 Å². The summed E-state index contributed by atoms with van der Waals surface area (Å²) in [6.07, 6.45) is 1.19. The van der Waals surface area contributed by atoms with Crippen molar-refractivity contribution in [3.05, 3.63) is 57.8 Å². The van der Waals surface area contributed by atoms with Crippen molar-refractivity contribution in [1.29, 1.82) is 0 Å². The quantitative estimate of drug-likeness (QED) is 0.660. The summed E-state index contributed by atoms with van der Waals surface area (Å²) in [5.41, 5.74) is 2.93. The Morgan fingerprint density at radius 1 is 1.21 bits per heavy atom. The summed E-state index contributed by atoms with van der Waals surface area (Å²) in [6, 6.07) is 10.6. The third-order valence-corrected chi connectivity index (χ3v) is 5.22. The minimum atomic E-state index is -0.394. The average Bonchev–Trinajstić information content (AvgIpc) is 2.73. The van der Waals surface area contributed by atoms with Gasteiger partial charge >= 0.3 is 6.09 Å². The number of carbonyl (C=O) groups is 2. The molecule has 0 bridgehead atoms. The third kappa shape index (κ3) is 5.33. The summed E-state index contributed by atoms with van der Waals surface area (Å²) in [5.74, 6) is -0.159. The molecule has 1 N–H and O–H groups in total. The van der Waals surface area contributed by atoms with Crippen LogP contribution in [-0.2, 0) is 15.9 Å². The number of nitrogens with one attached hydrogen (secondary N) is 1. The SMILES string of the molecule is COCCOC(=O)N1CCCc2nc(C(C)NC(=O)c3ccc(Br)cc3)ccc21. The van der Waals surface area contributed by atoms with E-state index in [1.54, 1.807) is 24.1 Å². The van der Waals surface area contributed by atoms with E-state index in [4.69, 9.17) is 14.5 Å². The molecule has 1 aliphatic rings. The zero-order valence-corrected chi connectivity index (χ0v) is 18.1. The first kappa shape index (κ1) is 21.3. The van der Waals surface area contributed by atoms with E-state index >= 15 is 0 Å². The van der Waals surface area contributed by atoms with Crippen LogP contribution in [0.2, 0.25) is 0 Å². The van der Waals surface area contributed by atoms with Gasteiger partial charge < -0.3 is 14.8 Å². The Kier molecular flexibility index (Phi) is 7.22. The van der Waals surface area contributed by atoms with Crippen molar-refractivity contribution in [2.75, 3.05) is 31.8 Å². The Bertz CT molecular complexity index is 873. The average molecular weight is 462 g/mol. The molecule has 8 heteroatoms. The van der Waals surface area contributed by atoms with Crippen LogP contribution in [0.3, 0.4) is 0 Å². The lowest BCUT2D eigenvalue weighted by molar-refractivity contribution is 0.0939. The number of benzene rings is 1. The van der Waals surface area contributed by atoms with Crippen molar-refractivity contribution in [2.24, 2.45) is 0 Å². The van der Waals surface area contributed by atoms with E-state index in [2.05, 4.69) is 21.2 Å². The Morgan fingerprint density at radius 2 is 1.97 bits per heavy atom. The number of aromatic nitrogens is 1. The number of amides is 2. The number of ether oxygens (including phenoxy) is 2. The predicted molar refractivity (Wildman–Crippen MR) is 113 cm³/mol. The van der Waals surface area contributed by atoms with Crippen molar-refractivity contribution >= 4 is 33.6 Å². The molecular weight excluding hydrogens is 438 g/mol. The fourth-order valence-corrected chi connectivity index (χ4v) is 3.41. The highest BCUT2D eigenvalue weighted by Crippen LogP contribution is 2.28. The molecule has 0 fully saturated rings. The standard InChI is InChI=1S/C21H24BrN3O4/c1-14(23-20(26)15-5-7-16(22)8-6-15)17-9-10-19-18(24-17)4-3-11-25(19)21(27)29-13-12-28-2/h5-10,14H,3-4,11-13H2,1-2H3,(H,23,26). The molecule has 0 saturated carbocycles. The number of rotatable bonds is 6. The smallest absolute Gasteiger partial charge is 0.414 e. The first-order chi connectivity index (χ1) is 14.0. The summed E-state index contributed by atoms with van der Waals surface area (Å²) in [5, 5.41) is 2.97. The van der Waals surface area contributed by atoms with Gasteiger partial charge in [0, 0.05) is 23.7 Å². The number of aryl methyl sites for hydroxylation is 1. The van der Waals surface area contributed by atoms with Gasteiger partial charge in [-0.05, 0) is 56.2 Å². The van der Waals surface area contributed by atoms with Gasteiger partial charge in [-0.3, -0.25) is 14.7 Å². The number of hydrogen-bond acceptors (Lipinski definition) is 5. The molecule has 1 atom stereocenters. The molecule has 1 aromatic carbocycles. The Hall–Kier alpha value is -2.45. The summed E-state index contributed by atoms with van der Waals surface area (Å²) < 4.78 is 11.1. The number of carbonyl (C=O) groups excluding carboxylic acids is 2. The number of pyridine rings is 1. The number of methoxy groups -OCH3 is 1. The molecule has 1 unspecified atom stereocenters. The fourth-order valence-electron chi connectivity index (χ4n) is 3.14. The van der Waals surface area contributed by atoms with Crippen molar-refractivity contribution in [3.8, 4) is 0 Å². The minimum Gasteiger partial charge on any atom is -0.447 e. The van der Waals surface area contributed by atoms with Crippen LogP contribution >= 0.6 is 15.9 Å². The highest BCUT2D eigenvalue weighted by molar-refractivity contribution is 9.10. The van der Waals surface area contributed by atoms with Gasteiger partial charge in [-0.2, -0.15) is 0 Å². The van der Waals surface area contributed by atoms with Crippen LogP contribution in [0.15, 0.2) is 40.9 Å². The van der Waals surface area contributed by atoms with Gasteiger partial charge in [0.25, 0.3) is 5.91 Å². The third-order valence-electron chi connectivity index (χ3n) is 4.69. The van der Waals surface area contributed by atoms with Gasteiger partial charge in [0.15, 0.2) is 0 Å². The molecule has 2 amide bonds. The molecule has 3 rings (SSSR count). The molecule has 2 aromatic rings. The molecular formula is C21H24BrN3O4. The number of fused-ring (bicyclic) bond motifs is 1. The molecule has 7 nitrogen and oxygen atoms in total. The van der Waals surface area contributed by atoms with Crippen LogP contribution in [-0.4, -0.2) is 43.9 Å². The van der Waals surface area contributed by atoms with Gasteiger partial charge in [-0.25, -0.2) is 4.79 Å². The number of nitrogens with zero attached hydrogens (tertiary/aromatic N) is 2. The van der Waals surface area contributed by atoms with E-state index in [9.17, 15) is 9.59 Å². The van der Waals surface area contributed by atoms with Crippen molar-refractivity contribution in [2.45, 2.75) is 25.8 Å². The summed E-state index contributed by atoms with van der Waals surface area (Å²) in [6.45, 7) is 3.06. The molecule has 154 valence electrons. The maximum atomic E-state index is 12.5. The van der Waals surface area contributed by atoms with Gasteiger partial charge in [-0.15, -0.1) is 0 Å². The highest BCUT2D eigenvalue weighted by Gasteiger charge is 2.25. The lowest BCUT2D eigenvalue weighted by Crippen LogP contribution is -2.37. The second-order valence-corrected chi connectivity index (χ2v) is 7.68. The monoisotopic (exact) mass is 461 g/mol. The molecule has 0 saturated heterocycles. The zero-order chi connectivity index (χ0) is 20.8. The topological polar surface area (TPSA) is 80.8 Å². The molecule has 29 heavy (non-hydrogen) atoms. The van der Waals surface area contributed by atoms with Crippen LogP contribution in [0.1, 0.15) is 41.1 Å². The van der Waals surface area contributed by atoms with Gasteiger partial charge in [0.2, 0.25) is 0 Å². The van der Waals surface area contributed by atoms with Crippen LogP contribution in [0.4, 0.5) is 10.5 Å². The Balaban J connectivity index is 1.69. The van der Waals surface area contributed by atoms with E-state index in [0.717, 1.165) is 34.4 Å². The fraction of sp³-hybridized carbons (Fsp3) is 0.381. The largest absolute Gasteiger partial charge is 0.447 e. The lowest BCUT2D eigenvalue weighted by atomic mass is 10.1. The summed E-state index contributed by atoms with van der Waals surface area (Å²) in [4.78, 5) is 31.1. The molecule has 1 aliphatic heterocycles. The first-order valence-electron chi connectivity index (χ1n) is 9.49. The maximum absolute atomic E-state index is 12.5. The Labute approximate surface area is 178 Å². The minimum absolute atomic E-state index is 0.159. The maximum Gasteiger partial charge on any atom is 0.414 e. The van der Waals surface area contributed by atoms with E-state index in [0.29, 0.717) is 18.7 Å². The zero-order valence-electron chi connectivity index (χ0n) is 16.5. The molecule has 0 radical (unpaired) electrons. The highest BCUT2D eigenvalue weighted by atomic mass is 79.9. The second-order valence-electron chi connectivity index (χ2n) is 6.77. The van der Waals surface area contributed by atoms with Crippen LogP contribution < -0.4 is 10.2 Å². The summed E-state index contributed by atoms with van der Waals surface area (Å²) in [7, 11) is 1.56. The predicted octanol–water partition coefficient (Wildman–Crippen LogP) is 3.87. The van der Waals surface area contributed by atoms with E-state index in [-0.39, 0.29) is 18.6 Å². The van der Waals surface area contributed by atoms with E-state index < -0.39 is 6.09 Å². The van der Waals surface area contributed by atoms with Crippen molar-refractivity contribution in [3.63, 3.8) is 0 Å². The van der Waals surface area contributed by atoms with Crippen molar-refractivity contribution in [1.82, 2.24) is 10.3 Å². The van der Waals surface area contributed by atoms with Gasteiger partial charge in [0.05, 0.1) is 29.7 Å². The molecule has 2 heterocycles. The second kappa shape index (κ2) is 9.84. The normalized spacial score (nSPS) is 14.1. The van der Waals surface area contributed by atoms with E-state index in [1.165, 1.54) is 0 Å². The molecule has 0 aliphatic carbocycles. The first-order valence-corrected chi connectivity index (χ1v) is 10.3. The van der Waals surface area contributed by atoms with Crippen LogP contribution in [0.25, 0.3) is 0 Å². The van der Waals surface area contributed by atoms with Gasteiger partial charge in [0.1, 0.15) is 6.61 Å². The number of halogens is 1. The van der Waals surface area contributed by atoms with Crippen molar-refractivity contribution < 1.29 is 19.1 Å². The summed E-state index contributed by atoms with van der Waals surface area (Å²) >= 11 is 3.36. The Morgan fingerprint density at radius 3 is 2.69 bits per heavy atom. The number of hydrogen-bond donors (Lipinski definition) is 1. The lowest BCUT2D eigenvalue weighted by Gasteiger charge is -2.28. The van der Waals surface area contributed by atoms with E-state index in [1.807, 2.05) is 31.2 Å². The number of anilines is 1. The van der Waals surface area contributed by atoms with Crippen LogP contribution in [0.5, 0.6) is 0 Å². The molecule has 1 aromatic heterocycles.